The van der Waals surface area contributed by atoms with Gasteiger partial charge in [0.25, 0.3) is 0 Å². The topological polar surface area (TPSA) is 114 Å². The minimum Gasteiger partial charge on any atom is -0.508 e. The zero-order valence-corrected chi connectivity index (χ0v) is 18.4. The molecule has 1 fully saturated rings. The second kappa shape index (κ2) is 10.7. The average Bonchev–Trinajstić information content (AvgIpc) is 2.78. The first-order valence-corrected chi connectivity index (χ1v) is 11.0. The summed E-state index contributed by atoms with van der Waals surface area (Å²) >= 11 is 0. The van der Waals surface area contributed by atoms with Crippen LogP contribution in [0.5, 0.6) is 5.75 Å². The standard InChI is InChI=1S/C24H35N5O2/c1-2-3-16-31-19-10-8-18(9-11-19)28-12-14-29(15-13-28)22(24(26)27)17-21(25)20-6-4-5-7-23(20)30/h6-11,17,30H,2-5,12-16,25-27H2,1H3/b21-17-. The fourth-order valence-corrected chi connectivity index (χ4v) is 3.80. The van der Waals surface area contributed by atoms with Crippen LogP contribution >= 0.6 is 0 Å². The molecule has 0 unspecified atom stereocenters. The highest BCUT2D eigenvalue weighted by atomic mass is 16.5. The van der Waals surface area contributed by atoms with Crippen LogP contribution in [0.15, 0.2) is 71.0 Å². The number of ether oxygens (including phenoxy) is 1. The Morgan fingerprint density at radius 3 is 2.32 bits per heavy atom. The van der Waals surface area contributed by atoms with E-state index in [0.29, 0.717) is 17.0 Å². The number of rotatable bonds is 8. The van der Waals surface area contributed by atoms with Crippen LogP contribution in [0.4, 0.5) is 5.69 Å². The summed E-state index contributed by atoms with van der Waals surface area (Å²) < 4.78 is 5.75. The third-order valence-corrected chi connectivity index (χ3v) is 5.62. The molecule has 1 heterocycles. The van der Waals surface area contributed by atoms with Crippen molar-refractivity contribution in [2.45, 2.75) is 32.6 Å². The smallest absolute Gasteiger partial charge is 0.120 e. The number of hydrogen-bond acceptors (Lipinski definition) is 7. The van der Waals surface area contributed by atoms with Crippen LogP contribution in [0.3, 0.4) is 0 Å². The van der Waals surface area contributed by atoms with Gasteiger partial charge >= 0.3 is 0 Å². The van der Waals surface area contributed by atoms with Gasteiger partial charge in [0.15, 0.2) is 0 Å². The molecule has 0 atom stereocenters. The number of unbranched alkanes of at least 4 members (excludes halogenated alkanes) is 1. The quantitative estimate of drug-likeness (QED) is 0.374. The molecule has 0 aromatic heterocycles. The molecule has 0 radical (unpaired) electrons. The Kier molecular flexibility index (Phi) is 7.76. The Balaban J connectivity index is 1.62. The second-order valence-corrected chi connectivity index (χ2v) is 7.89. The molecule has 0 amide bonds. The van der Waals surface area contributed by atoms with Crippen molar-refractivity contribution in [1.82, 2.24) is 4.90 Å². The van der Waals surface area contributed by atoms with Crippen molar-refractivity contribution in [1.29, 1.82) is 0 Å². The molecular formula is C24H35N5O2. The number of aliphatic hydroxyl groups excluding tert-OH is 1. The van der Waals surface area contributed by atoms with Crippen LogP contribution < -0.4 is 26.8 Å². The van der Waals surface area contributed by atoms with Gasteiger partial charge in [0.2, 0.25) is 0 Å². The average molecular weight is 426 g/mol. The molecule has 168 valence electrons. The lowest BCUT2D eigenvalue weighted by atomic mass is 10.0. The summed E-state index contributed by atoms with van der Waals surface area (Å²) in [6.07, 6.45) is 9.36. The summed E-state index contributed by atoms with van der Waals surface area (Å²) in [7, 11) is 0. The van der Waals surface area contributed by atoms with Crippen molar-refractivity contribution in [2.75, 3.05) is 37.7 Å². The predicted molar refractivity (Wildman–Crippen MR) is 126 cm³/mol. The second-order valence-electron chi connectivity index (χ2n) is 7.89. The molecule has 1 aliphatic carbocycles. The molecule has 7 heteroatoms. The number of benzene rings is 1. The first kappa shape index (κ1) is 22.5. The molecule has 0 bridgehead atoms. The lowest BCUT2D eigenvalue weighted by Gasteiger charge is -2.38. The number of anilines is 1. The number of allylic oxidation sites excluding steroid dienone is 3. The van der Waals surface area contributed by atoms with E-state index in [-0.39, 0.29) is 11.6 Å². The van der Waals surface area contributed by atoms with Crippen LogP contribution in [-0.2, 0) is 0 Å². The first-order valence-electron chi connectivity index (χ1n) is 11.0. The minimum absolute atomic E-state index is 0.210. The van der Waals surface area contributed by atoms with E-state index in [1.807, 2.05) is 18.2 Å². The highest BCUT2D eigenvalue weighted by Gasteiger charge is 2.21. The maximum atomic E-state index is 10.1. The Morgan fingerprint density at radius 2 is 1.71 bits per heavy atom. The summed E-state index contributed by atoms with van der Waals surface area (Å²) in [6.45, 7) is 6.14. The molecule has 0 spiro atoms. The number of piperazine rings is 1. The van der Waals surface area contributed by atoms with E-state index >= 15 is 0 Å². The summed E-state index contributed by atoms with van der Waals surface area (Å²) in [5, 5.41) is 10.1. The van der Waals surface area contributed by atoms with Crippen molar-refractivity contribution < 1.29 is 9.84 Å². The van der Waals surface area contributed by atoms with Crippen LogP contribution in [-0.4, -0.2) is 42.8 Å². The molecule has 0 saturated carbocycles. The van der Waals surface area contributed by atoms with Crippen LogP contribution in [0.2, 0.25) is 0 Å². The van der Waals surface area contributed by atoms with Crippen molar-refractivity contribution >= 4 is 5.69 Å². The van der Waals surface area contributed by atoms with Gasteiger partial charge in [-0.05, 0) is 55.7 Å². The van der Waals surface area contributed by atoms with Gasteiger partial charge < -0.3 is 36.8 Å². The van der Waals surface area contributed by atoms with Gasteiger partial charge in [-0.3, -0.25) is 0 Å². The Labute approximate surface area is 185 Å². The number of hydrogen-bond donors (Lipinski definition) is 4. The van der Waals surface area contributed by atoms with Gasteiger partial charge in [0.1, 0.15) is 17.3 Å². The van der Waals surface area contributed by atoms with Gasteiger partial charge in [-0.2, -0.15) is 0 Å². The van der Waals surface area contributed by atoms with Crippen LogP contribution in [0.1, 0.15) is 32.6 Å². The van der Waals surface area contributed by atoms with Crippen molar-refractivity contribution in [3.05, 3.63) is 71.0 Å². The largest absolute Gasteiger partial charge is 0.508 e. The van der Waals surface area contributed by atoms with Crippen molar-refractivity contribution in [2.24, 2.45) is 17.2 Å². The van der Waals surface area contributed by atoms with E-state index in [9.17, 15) is 5.11 Å². The number of nitrogens with two attached hydrogens (primary N) is 3. The molecule has 1 aromatic carbocycles. The van der Waals surface area contributed by atoms with Crippen LogP contribution in [0.25, 0.3) is 0 Å². The molecule has 3 rings (SSSR count). The summed E-state index contributed by atoms with van der Waals surface area (Å²) in [6, 6.07) is 8.27. The maximum Gasteiger partial charge on any atom is 0.120 e. The molecule has 2 aliphatic rings. The SMILES string of the molecule is CCCCOc1ccc(N2CCN(C(/C=C(\N)C3=CCCC=C3O)=C(N)N)CC2)cc1. The molecule has 31 heavy (non-hydrogen) atoms. The number of aliphatic hydroxyl groups is 1. The molecule has 1 saturated heterocycles. The van der Waals surface area contributed by atoms with Crippen molar-refractivity contribution in [3.8, 4) is 5.75 Å². The predicted octanol–water partition coefficient (Wildman–Crippen LogP) is 3.08. The van der Waals surface area contributed by atoms with E-state index in [1.165, 1.54) is 5.69 Å². The third kappa shape index (κ3) is 5.90. The summed E-state index contributed by atoms with van der Waals surface area (Å²) in [5.74, 6) is 1.35. The molecular weight excluding hydrogens is 390 g/mol. The molecule has 1 aromatic rings. The summed E-state index contributed by atoms with van der Waals surface area (Å²) in [4.78, 5) is 4.48. The first-order chi connectivity index (χ1) is 15.0. The normalized spacial score (nSPS) is 17.1. The third-order valence-electron chi connectivity index (χ3n) is 5.62. The molecule has 7 nitrogen and oxygen atoms in total. The van der Waals surface area contributed by atoms with E-state index in [4.69, 9.17) is 21.9 Å². The fourth-order valence-electron chi connectivity index (χ4n) is 3.80. The zero-order chi connectivity index (χ0) is 22.2. The fraction of sp³-hybridized carbons (Fsp3) is 0.417. The van der Waals surface area contributed by atoms with Crippen LogP contribution in [0, 0.1) is 0 Å². The Bertz CT molecular complexity index is 858. The van der Waals surface area contributed by atoms with Gasteiger partial charge in [0, 0.05) is 43.1 Å². The van der Waals surface area contributed by atoms with Gasteiger partial charge in [0.05, 0.1) is 12.3 Å². The zero-order valence-electron chi connectivity index (χ0n) is 18.4. The highest BCUT2D eigenvalue weighted by Crippen LogP contribution is 2.25. The Hall–Kier alpha value is -3.22. The van der Waals surface area contributed by atoms with E-state index in [1.54, 1.807) is 12.2 Å². The van der Waals surface area contributed by atoms with Gasteiger partial charge in [-0.25, -0.2) is 0 Å². The molecule has 7 N–H and O–H groups in total. The lowest BCUT2D eigenvalue weighted by Crippen LogP contribution is -2.46. The summed E-state index contributed by atoms with van der Waals surface area (Å²) in [5.41, 5.74) is 21.2. The van der Waals surface area contributed by atoms with E-state index in [2.05, 4.69) is 28.9 Å². The molecule has 1 aliphatic heterocycles. The van der Waals surface area contributed by atoms with Gasteiger partial charge in [-0.1, -0.05) is 19.4 Å². The maximum absolute atomic E-state index is 10.1. The highest BCUT2D eigenvalue weighted by molar-refractivity contribution is 5.50. The Morgan fingerprint density at radius 1 is 1.03 bits per heavy atom. The minimum atomic E-state index is 0.210. The van der Waals surface area contributed by atoms with E-state index < -0.39 is 0 Å². The van der Waals surface area contributed by atoms with E-state index in [0.717, 1.165) is 64.2 Å². The number of nitrogens with zero attached hydrogens (tertiary/aromatic N) is 2. The van der Waals surface area contributed by atoms with Crippen molar-refractivity contribution in [3.63, 3.8) is 0 Å². The van der Waals surface area contributed by atoms with Gasteiger partial charge in [-0.15, -0.1) is 0 Å². The monoisotopic (exact) mass is 425 g/mol. The lowest BCUT2D eigenvalue weighted by molar-refractivity contribution is 0.309.